The van der Waals surface area contributed by atoms with Crippen LogP contribution >= 0.6 is 34.8 Å². The van der Waals surface area contributed by atoms with E-state index in [1.165, 1.54) is 7.11 Å². The van der Waals surface area contributed by atoms with E-state index >= 15 is 0 Å². The first-order chi connectivity index (χ1) is 12.3. The van der Waals surface area contributed by atoms with Crippen molar-refractivity contribution in [1.82, 2.24) is 5.32 Å². The number of methoxy groups -OCH3 is 1. The average molecular weight is 419 g/mol. The summed E-state index contributed by atoms with van der Waals surface area (Å²) in [6.07, 6.45) is 0. The van der Waals surface area contributed by atoms with Gasteiger partial charge in [0.2, 0.25) is 0 Å². The second-order valence-corrected chi connectivity index (χ2v) is 6.79. The van der Waals surface area contributed by atoms with Gasteiger partial charge in [-0.3, -0.25) is 4.79 Å². The molecule has 0 aromatic heterocycles. The molecule has 140 valence electrons. The third kappa shape index (κ3) is 5.42. The monoisotopic (exact) mass is 417 g/mol. The molecule has 26 heavy (non-hydrogen) atoms. The van der Waals surface area contributed by atoms with E-state index in [-0.39, 0.29) is 13.2 Å². The van der Waals surface area contributed by atoms with Gasteiger partial charge in [0.15, 0.2) is 11.5 Å². The Morgan fingerprint density at radius 3 is 2.46 bits per heavy atom. The molecule has 0 radical (unpaired) electrons. The Balaban J connectivity index is 2.12. The van der Waals surface area contributed by atoms with E-state index in [1.54, 1.807) is 31.2 Å². The van der Waals surface area contributed by atoms with Crippen LogP contribution in [0.3, 0.4) is 0 Å². The number of carboxylic acids is 1. The zero-order valence-electron chi connectivity index (χ0n) is 14.2. The molecule has 0 aliphatic carbocycles. The quantitative estimate of drug-likeness (QED) is 0.645. The highest BCUT2D eigenvalue weighted by Crippen LogP contribution is 2.34. The molecular formula is C18H18Cl3NO4. The molecule has 2 rings (SSSR count). The molecule has 2 N–H and O–H groups in total. The first-order valence-electron chi connectivity index (χ1n) is 7.71. The molecule has 0 heterocycles. The van der Waals surface area contributed by atoms with Gasteiger partial charge in [0.25, 0.3) is 0 Å². The van der Waals surface area contributed by atoms with Crippen LogP contribution in [0.4, 0.5) is 0 Å². The number of benzene rings is 2. The molecule has 0 amide bonds. The van der Waals surface area contributed by atoms with Gasteiger partial charge in [0.1, 0.15) is 12.6 Å². The molecule has 2 aromatic rings. The first-order valence-corrected chi connectivity index (χ1v) is 8.84. The summed E-state index contributed by atoms with van der Waals surface area (Å²) in [5.41, 5.74) is 1.55. The molecular weight excluding hydrogens is 401 g/mol. The first kappa shape index (κ1) is 20.6. The van der Waals surface area contributed by atoms with Crippen LogP contribution in [0.1, 0.15) is 18.1 Å². The van der Waals surface area contributed by atoms with Crippen molar-refractivity contribution in [3.8, 4) is 11.5 Å². The van der Waals surface area contributed by atoms with Gasteiger partial charge in [0, 0.05) is 17.6 Å². The maximum atomic E-state index is 10.9. The number of halogens is 3. The molecule has 8 heteroatoms. The predicted molar refractivity (Wildman–Crippen MR) is 103 cm³/mol. The SMILES string of the molecule is COc1cc(CNC(C)C(=O)O)c(Cl)cc1OCc1ccc(Cl)c(Cl)c1. The highest BCUT2D eigenvalue weighted by Gasteiger charge is 2.14. The van der Waals surface area contributed by atoms with Crippen LogP contribution in [-0.4, -0.2) is 24.2 Å². The van der Waals surface area contributed by atoms with Crippen LogP contribution in [0.2, 0.25) is 15.1 Å². The Labute approximate surface area is 166 Å². The van der Waals surface area contributed by atoms with E-state index in [2.05, 4.69) is 5.32 Å². The Bertz CT molecular complexity index is 798. The van der Waals surface area contributed by atoms with Gasteiger partial charge < -0.3 is 19.9 Å². The summed E-state index contributed by atoms with van der Waals surface area (Å²) < 4.78 is 11.1. The average Bonchev–Trinajstić information content (AvgIpc) is 2.61. The Hall–Kier alpha value is -1.66. The zero-order chi connectivity index (χ0) is 19.3. The van der Waals surface area contributed by atoms with Crippen LogP contribution in [-0.2, 0) is 17.9 Å². The number of ether oxygens (including phenoxy) is 2. The van der Waals surface area contributed by atoms with E-state index in [0.29, 0.717) is 32.1 Å². The van der Waals surface area contributed by atoms with Crippen molar-refractivity contribution in [3.63, 3.8) is 0 Å². The van der Waals surface area contributed by atoms with Gasteiger partial charge in [0.05, 0.1) is 17.2 Å². The van der Waals surface area contributed by atoms with Crippen molar-refractivity contribution in [3.05, 3.63) is 56.5 Å². The summed E-state index contributed by atoms with van der Waals surface area (Å²) in [7, 11) is 1.52. The Morgan fingerprint density at radius 1 is 1.12 bits per heavy atom. The molecule has 1 unspecified atom stereocenters. The van der Waals surface area contributed by atoms with E-state index in [0.717, 1.165) is 5.56 Å². The summed E-state index contributed by atoms with van der Waals surface area (Å²) in [6, 6.07) is 7.90. The van der Waals surface area contributed by atoms with Crippen LogP contribution in [0.5, 0.6) is 11.5 Å². The highest BCUT2D eigenvalue weighted by molar-refractivity contribution is 6.42. The smallest absolute Gasteiger partial charge is 0.320 e. The molecule has 2 aromatic carbocycles. The molecule has 0 aliphatic rings. The minimum Gasteiger partial charge on any atom is -0.493 e. The fourth-order valence-electron chi connectivity index (χ4n) is 2.13. The Kier molecular flexibility index (Phi) is 7.41. The molecule has 1 atom stereocenters. The normalized spacial score (nSPS) is 11.9. The van der Waals surface area contributed by atoms with Crippen LogP contribution < -0.4 is 14.8 Å². The fraction of sp³-hybridized carbons (Fsp3) is 0.278. The number of nitrogens with one attached hydrogen (secondary N) is 1. The van der Waals surface area contributed by atoms with Gasteiger partial charge in [-0.15, -0.1) is 0 Å². The third-order valence-electron chi connectivity index (χ3n) is 3.68. The van der Waals surface area contributed by atoms with Gasteiger partial charge in [-0.25, -0.2) is 0 Å². The zero-order valence-corrected chi connectivity index (χ0v) is 16.5. The van der Waals surface area contributed by atoms with E-state index < -0.39 is 12.0 Å². The standard InChI is InChI=1S/C18H18Cl3NO4/c1-10(18(23)24)22-8-12-6-16(25-2)17(7-14(12)20)26-9-11-3-4-13(19)15(21)5-11/h3-7,10,22H,8-9H2,1-2H3,(H,23,24). The molecule has 0 spiro atoms. The van der Waals surface area contributed by atoms with Gasteiger partial charge in [-0.05, 0) is 36.2 Å². The second kappa shape index (κ2) is 9.33. The van der Waals surface area contributed by atoms with Crippen molar-refractivity contribution in [2.75, 3.05) is 7.11 Å². The van der Waals surface area contributed by atoms with E-state index in [9.17, 15) is 4.79 Å². The highest BCUT2D eigenvalue weighted by atomic mass is 35.5. The molecule has 0 aliphatic heterocycles. The number of hydrogen-bond acceptors (Lipinski definition) is 4. The number of carbonyl (C=O) groups is 1. The van der Waals surface area contributed by atoms with E-state index in [4.69, 9.17) is 49.4 Å². The lowest BCUT2D eigenvalue weighted by Crippen LogP contribution is -2.33. The lowest BCUT2D eigenvalue weighted by Gasteiger charge is -2.15. The van der Waals surface area contributed by atoms with Crippen molar-refractivity contribution in [1.29, 1.82) is 0 Å². The minimum atomic E-state index is -0.935. The molecule has 0 saturated heterocycles. The number of aliphatic carboxylic acids is 1. The predicted octanol–water partition coefficient (Wildman–Crippen LogP) is 4.80. The lowest BCUT2D eigenvalue weighted by molar-refractivity contribution is -0.139. The maximum absolute atomic E-state index is 10.9. The van der Waals surface area contributed by atoms with E-state index in [1.807, 2.05) is 6.07 Å². The second-order valence-electron chi connectivity index (χ2n) is 5.57. The molecule has 0 fully saturated rings. The molecule has 5 nitrogen and oxygen atoms in total. The van der Waals surface area contributed by atoms with Gasteiger partial charge in [-0.1, -0.05) is 40.9 Å². The van der Waals surface area contributed by atoms with Crippen molar-refractivity contribution >= 4 is 40.8 Å². The topological polar surface area (TPSA) is 67.8 Å². The summed E-state index contributed by atoms with van der Waals surface area (Å²) in [6.45, 7) is 2.11. The van der Waals surface area contributed by atoms with Crippen molar-refractivity contribution in [2.45, 2.75) is 26.1 Å². The maximum Gasteiger partial charge on any atom is 0.320 e. The fourth-order valence-corrected chi connectivity index (χ4v) is 2.67. The van der Waals surface area contributed by atoms with Crippen molar-refractivity contribution in [2.24, 2.45) is 0 Å². The molecule has 0 bridgehead atoms. The van der Waals surface area contributed by atoms with Gasteiger partial charge >= 0.3 is 5.97 Å². The number of rotatable bonds is 8. The lowest BCUT2D eigenvalue weighted by atomic mass is 10.1. The van der Waals surface area contributed by atoms with Crippen LogP contribution in [0.25, 0.3) is 0 Å². The third-order valence-corrected chi connectivity index (χ3v) is 4.77. The number of carboxylic acid groups (broad SMARTS) is 1. The van der Waals surface area contributed by atoms with Crippen molar-refractivity contribution < 1.29 is 19.4 Å². The van der Waals surface area contributed by atoms with Crippen LogP contribution in [0, 0.1) is 0 Å². The van der Waals surface area contributed by atoms with Gasteiger partial charge in [-0.2, -0.15) is 0 Å². The summed E-state index contributed by atoms with van der Waals surface area (Å²) >= 11 is 18.2. The van der Waals surface area contributed by atoms with Crippen LogP contribution in [0.15, 0.2) is 30.3 Å². The summed E-state index contributed by atoms with van der Waals surface area (Å²) in [5.74, 6) is 0.0301. The minimum absolute atomic E-state index is 0.261. The molecule has 0 saturated carbocycles. The largest absolute Gasteiger partial charge is 0.493 e. The Morgan fingerprint density at radius 2 is 1.85 bits per heavy atom. The summed E-state index contributed by atoms with van der Waals surface area (Å²) in [4.78, 5) is 10.9. The number of hydrogen-bond donors (Lipinski definition) is 2. The summed E-state index contributed by atoms with van der Waals surface area (Å²) in [5, 5.41) is 13.2.